The van der Waals surface area contributed by atoms with Crippen molar-refractivity contribution in [2.24, 2.45) is 17.8 Å². The zero-order valence-electron chi connectivity index (χ0n) is 18.7. The maximum atomic E-state index is 12.6. The Morgan fingerprint density at radius 1 is 1.21 bits per heavy atom. The molecule has 1 saturated carbocycles. The summed E-state index contributed by atoms with van der Waals surface area (Å²) in [5.41, 5.74) is 0.651. The van der Waals surface area contributed by atoms with Crippen LogP contribution < -0.4 is 10.1 Å². The molecule has 1 aromatic heterocycles. The number of rotatable bonds is 8. The van der Waals surface area contributed by atoms with Gasteiger partial charge in [-0.25, -0.2) is 0 Å². The summed E-state index contributed by atoms with van der Waals surface area (Å²) in [5.74, 6) is 2.39. The molecule has 1 aliphatic heterocycles. The molecule has 33 heavy (non-hydrogen) atoms. The Labute approximate surface area is 201 Å². The number of aromatic nitrogens is 4. The summed E-state index contributed by atoms with van der Waals surface area (Å²) in [4.78, 5) is 12.6. The Hall–Kier alpha value is -2.19. The minimum Gasteiger partial charge on any atom is -0.490 e. The third kappa shape index (κ3) is 6.03. The quantitative estimate of drug-likeness (QED) is 0.533. The highest BCUT2D eigenvalue weighted by molar-refractivity contribution is 6.33. The highest BCUT2D eigenvalue weighted by Gasteiger charge is 2.39. The lowest BCUT2D eigenvalue weighted by atomic mass is 9.72. The Balaban J connectivity index is 0.00000306. The molecule has 0 amide bonds. The molecule has 4 atom stereocenters. The topological polar surface area (TPSA) is 102 Å². The van der Waals surface area contributed by atoms with E-state index in [1.165, 1.54) is 0 Å². The third-order valence-electron chi connectivity index (χ3n) is 7.00. The molecule has 182 valence electrons. The molecule has 2 aliphatic rings. The predicted molar refractivity (Wildman–Crippen MR) is 128 cm³/mol. The summed E-state index contributed by atoms with van der Waals surface area (Å²) in [5, 5.41) is 18.2. The number of piperidine rings is 1. The molecule has 2 fully saturated rings. The van der Waals surface area contributed by atoms with Gasteiger partial charge in [0.2, 0.25) is 5.82 Å². The number of halogens is 1. The number of carbonyl (C=O) groups is 1. The van der Waals surface area contributed by atoms with Gasteiger partial charge in [-0.3, -0.25) is 4.79 Å². The van der Waals surface area contributed by atoms with Gasteiger partial charge in [0.15, 0.2) is 0 Å². The first-order chi connectivity index (χ1) is 15.6. The molecule has 0 bridgehead atoms. The van der Waals surface area contributed by atoms with Crippen molar-refractivity contribution >= 4 is 17.6 Å². The van der Waals surface area contributed by atoms with Gasteiger partial charge in [0.05, 0.1) is 23.3 Å². The van der Waals surface area contributed by atoms with Gasteiger partial charge in [-0.05, 0) is 67.3 Å². The minimum absolute atomic E-state index is 0. The Morgan fingerprint density at radius 3 is 2.76 bits per heavy atom. The molecule has 1 aliphatic carbocycles. The molecular formula is C24H36ClN5O3. The van der Waals surface area contributed by atoms with Gasteiger partial charge in [0, 0.05) is 0 Å². The molecule has 0 radical (unpaired) electrons. The smallest absolute Gasteiger partial charge is 0.323 e. The van der Waals surface area contributed by atoms with Crippen molar-refractivity contribution in [1.29, 1.82) is 0 Å². The van der Waals surface area contributed by atoms with Gasteiger partial charge in [-0.15, -0.1) is 10.2 Å². The first kappa shape index (κ1) is 25.4. The molecule has 4 rings (SSSR count). The maximum absolute atomic E-state index is 12.6. The van der Waals surface area contributed by atoms with Crippen molar-refractivity contribution in [3.63, 3.8) is 0 Å². The van der Waals surface area contributed by atoms with E-state index in [4.69, 9.17) is 21.1 Å². The highest BCUT2D eigenvalue weighted by Crippen LogP contribution is 2.40. The minimum atomic E-state index is -0.231. The van der Waals surface area contributed by atoms with Gasteiger partial charge >= 0.3 is 5.97 Å². The lowest BCUT2D eigenvalue weighted by molar-refractivity contribution is -0.149. The normalized spacial score (nSPS) is 24.6. The molecule has 2 aromatic rings. The van der Waals surface area contributed by atoms with Crippen LogP contribution in [0.5, 0.6) is 5.75 Å². The fourth-order valence-corrected chi connectivity index (χ4v) is 5.15. The van der Waals surface area contributed by atoms with Crippen LogP contribution in [0, 0.1) is 17.8 Å². The second-order valence-corrected chi connectivity index (χ2v) is 9.34. The van der Waals surface area contributed by atoms with Crippen LogP contribution in [0.4, 0.5) is 0 Å². The van der Waals surface area contributed by atoms with Gasteiger partial charge in [-0.2, -0.15) is 5.21 Å². The number of benzene rings is 1. The molecule has 1 saturated heterocycles. The van der Waals surface area contributed by atoms with Gasteiger partial charge in [0.1, 0.15) is 11.8 Å². The molecular weight excluding hydrogens is 442 g/mol. The summed E-state index contributed by atoms with van der Waals surface area (Å²) in [6.07, 6.45) is 5.84. The van der Waals surface area contributed by atoms with Crippen molar-refractivity contribution in [3.8, 4) is 17.1 Å². The second kappa shape index (κ2) is 11.8. The van der Waals surface area contributed by atoms with Crippen molar-refractivity contribution < 1.29 is 14.3 Å². The number of hydrogen-bond donors (Lipinski definition) is 2. The molecule has 2 heterocycles. The van der Waals surface area contributed by atoms with E-state index in [9.17, 15) is 4.79 Å². The van der Waals surface area contributed by atoms with Gasteiger partial charge in [-0.1, -0.05) is 51.8 Å². The number of fused-ring (bicyclic) bond motifs is 1. The number of tetrazole rings is 1. The standard InChI is InChI=1S/C23H32ClN5O3.CH4/c1-3-14(4-2)13-31-23(30)19-11-16-10-17(9-8-15(16)12-25-19)32-20-7-5-6-18(24)21(20)22-26-28-29-27-22;/h5-7,14-17,19,25H,3-4,8-13H2,1-2H3,(H,26,27,28,29);1H4/t15-,16+,17-,19-;/m0./s1. The second-order valence-electron chi connectivity index (χ2n) is 8.93. The summed E-state index contributed by atoms with van der Waals surface area (Å²) < 4.78 is 12.0. The van der Waals surface area contributed by atoms with Crippen LogP contribution in [0.3, 0.4) is 0 Å². The van der Waals surface area contributed by atoms with Crippen molar-refractivity contribution in [3.05, 3.63) is 23.2 Å². The van der Waals surface area contributed by atoms with E-state index in [2.05, 4.69) is 39.8 Å². The van der Waals surface area contributed by atoms with Gasteiger partial charge in [0.25, 0.3) is 0 Å². The van der Waals surface area contributed by atoms with E-state index in [1.807, 2.05) is 12.1 Å². The number of esters is 1. The number of carbonyl (C=O) groups excluding carboxylic acids is 1. The number of ether oxygens (including phenoxy) is 2. The van der Waals surface area contributed by atoms with Crippen LogP contribution in [-0.2, 0) is 9.53 Å². The summed E-state index contributed by atoms with van der Waals surface area (Å²) >= 11 is 6.41. The lowest BCUT2D eigenvalue weighted by Gasteiger charge is -2.42. The monoisotopic (exact) mass is 477 g/mol. The fraction of sp³-hybridized carbons (Fsp3) is 0.667. The molecule has 8 nitrogen and oxygen atoms in total. The van der Waals surface area contributed by atoms with E-state index in [1.54, 1.807) is 6.07 Å². The molecule has 9 heteroatoms. The Morgan fingerprint density at radius 2 is 2.03 bits per heavy atom. The van der Waals surface area contributed by atoms with Crippen LogP contribution in [0.25, 0.3) is 11.4 Å². The fourth-order valence-electron chi connectivity index (χ4n) is 4.90. The number of H-pyrrole nitrogens is 1. The van der Waals surface area contributed by atoms with E-state index < -0.39 is 0 Å². The number of nitrogens with zero attached hydrogens (tertiary/aromatic N) is 3. The zero-order valence-corrected chi connectivity index (χ0v) is 19.5. The van der Waals surface area contributed by atoms with E-state index >= 15 is 0 Å². The predicted octanol–water partition coefficient (Wildman–Crippen LogP) is 4.66. The highest BCUT2D eigenvalue weighted by atomic mass is 35.5. The van der Waals surface area contributed by atoms with Crippen LogP contribution in [-0.4, -0.2) is 51.9 Å². The SMILES string of the molecule is C.CCC(CC)COC(=O)[C@@H]1C[C@H]2C[C@@H](Oc3cccc(Cl)c3-c3nn[nH]n3)CC[C@H]2CN1. The van der Waals surface area contributed by atoms with E-state index in [-0.39, 0.29) is 25.5 Å². The van der Waals surface area contributed by atoms with Crippen LogP contribution in [0.15, 0.2) is 18.2 Å². The van der Waals surface area contributed by atoms with Gasteiger partial charge < -0.3 is 14.8 Å². The summed E-state index contributed by atoms with van der Waals surface area (Å²) in [7, 11) is 0. The zero-order chi connectivity index (χ0) is 22.5. The van der Waals surface area contributed by atoms with Crippen molar-refractivity contribution in [1.82, 2.24) is 25.9 Å². The number of nitrogens with one attached hydrogen (secondary N) is 2. The summed E-state index contributed by atoms with van der Waals surface area (Å²) in [6.45, 7) is 5.64. The molecule has 0 unspecified atom stereocenters. The Bertz CT molecular complexity index is 890. The van der Waals surface area contributed by atoms with E-state index in [0.717, 1.165) is 45.1 Å². The number of hydrogen-bond acceptors (Lipinski definition) is 7. The molecule has 1 aromatic carbocycles. The maximum Gasteiger partial charge on any atom is 0.323 e. The van der Waals surface area contributed by atoms with Crippen molar-refractivity contribution in [2.45, 2.75) is 71.9 Å². The van der Waals surface area contributed by atoms with E-state index in [0.29, 0.717) is 46.5 Å². The van der Waals surface area contributed by atoms with Crippen LogP contribution >= 0.6 is 11.6 Å². The number of aromatic amines is 1. The molecule has 2 N–H and O–H groups in total. The first-order valence-corrected chi connectivity index (χ1v) is 12.1. The first-order valence-electron chi connectivity index (χ1n) is 11.7. The Kier molecular flexibility index (Phi) is 9.09. The molecule has 0 spiro atoms. The lowest BCUT2D eigenvalue weighted by Crippen LogP contribution is -2.51. The average molecular weight is 478 g/mol. The van der Waals surface area contributed by atoms with Crippen LogP contribution in [0.1, 0.15) is 59.8 Å². The van der Waals surface area contributed by atoms with Crippen molar-refractivity contribution in [2.75, 3.05) is 13.2 Å². The van der Waals surface area contributed by atoms with Crippen LogP contribution in [0.2, 0.25) is 5.02 Å². The summed E-state index contributed by atoms with van der Waals surface area (Å²) in [6, 6.07) is 5.32. The third-order valence-corrected chi connectivity index (χ3v) is 7.31. The average Bonchev–Trinajstić information content (AvgIpc) is 3.33. The largest absolute Gasteiger partial charge is 0.490 e.